The molecule has 2 heteroatoms. The van der Waals surface area contributed by atoms with Crippen LogP contribution in [0.1, 0.15) is 36.8 Å². The molecule has 0 unspecified atom stereocenters. The summed E-state index contributed by atoms with van der Waals surface area (Å²) in [6.45, 7) is 6.37. The fourth-order valence-corrected chi connectivity index (χ4v) is 2.41. The van der Waals surface area contributed by atoms with Gasteiger partial charge in [-0.2, -0.15) is 0 Å². The van der Waals surface area contributed by atoms with Gasteiger partial charge in [0.1, 0.15) is 0 Å². The van der Waals surface area contributed by atoms with Crippen LogP contribution >= 0.6 is 0 Å². The van der Waals surface area contributed by atoms with E-state index < -0.39 is 0 Å². The zero-order valence-electron chi connectivity index (χ0n) is 13.9. The average Bonchev–Trinajstić information content (AvgIpc) is 2.53. The minimum Gasteiger partial charge on any atom is -0.385 e. The molecular formula is C20H28N2. The number of hydrogen-bond acceptors (Lipinski definition) is 2. The van der Waals surface area contributed by atoms with Crippen LogP contribution in [0.2, 0.25) is 0 Å². The van der Waals surface area contributed by atoms with Gasteiger partial charge in [-0.1, -0.05) is 48.2 Å². The van der Waals surface area contributed by atoms with E-state index in [-0.39, 0.29) is 0 Å². The van der Waals surface area contributed by atoms with Crippen molar-refractivity contribution in [3.05, 3.63) is 59.7 Å². The summed E-state index contributed by atoms with van der Waals surface area (Å²) in [4.78, 5) is 0. The van der Waals surface area contributed by atoms with Crippen LogP contribution < -0.4 is 10.6 Å². The molecule has 2 N–H and O–H groups in total. The Morgan fingerprint density at radius 2 is 0.909 bits per heavy atom. The van der Waals surface area contributed by atoms with Crippen molar-refractivity contribution >= 4 is 11.4 Å². The second kappa shape index (κ2) is 9.14. The predicted octanol–water partition coefficient (Wildman–Crippen LogP) is 5.39. The lowest BCUT2D eigenvalue weighted by Crippen LogP contribution is -2.03. The van der Waals surface area contributed by atoms with Crippen LogP contribution in [-0.4, -0.2) is 13.1 Å². The summed E-state index contributed by atoms with van der Waals surface area (Å²) in [5.41, 5.74) is 5.08. The maximum Gasteiger partial charge on any atom is 0.0340 e. The summed E-state index contributed by atoms with van der Waals surface area (Å²) < 4.78 is 0. The first-order valence-corrected chi connectivity index (χ1v) is 8.35. The minimum absolute atomic E-state index is 1.06. The number of hydrogen-bond donors (Lipinski definition) is 2. The number of aryl methyl sites for hydroxylation is 2. The van der Waals surface area contributed by atoms with E-state index in [0.717, 1.165) is 13.1 Å². The van der Waals surface area contributed by atoms with E-state index in [1.54, 1.807) is 0 Å². The van der Waals surface area contributed by atoms with Gasteiger partial charge in [-0.05, 0) is 51.0 Å². The van der Waals surface area contributed by atoms with Crippen LogP contribution in [-0.2, 0) is 0 Å². The van der Waals surface area contributed by atoms with E-state index in [9.17, 15) is 0 Å². The summed E-state index contributed by atoms with van der Waals surface area (Å²) in [5.74, 6) is 0. The Hall–Kier alpha value is -1.96. The van der Waals surface area contributed by atoms with Gasteiger partial charge in [-0.25, -0.2) is 0 Å². The van der Waals surface area contributed by atoms with E-state index >= 15 is 0 Å². The van der Waals surface area contributed by atoms with Crippen LogP contribution in [0.25, 0.3) is 0 Å². The van der Waals surface area contributed by atoms with Crippen molar-refractivity contribution in [2.24, 2.45) is 0 Å². The van der Waals surface area contributed by atoms with Gasteiger partial charge in [0, 0.05) is 24.5 Å². The Labute approximate surface area is 135 Å². The van der Waals surface area contributed by atoms with Crippen molar-refractivity contribution < 1.29 is 0 Å². The van der Waals surface area contributed by atoms with Crippen LogP contribution in [0, 0.1) is 13.8 Å². The van der Waals surface area contributed by atoms with Gasteiger partial charge in [-0.3, -0.25) is 0 Å². The molecule has 2 aromatic rings. The van der Waals surface area contributed by atoms with Crippen molar-refractivity contribution in [1.82, 2.24) is 0 Å². The van der Waals surface area contributed by atoms with Crippen molar-refractivity contribution in [3.8, 4) is 0 Å². The highest BCUT2D eigenvalue weighted by Crippen LogP contribution is 2.10. The molecular weight excluding hydrogens is 268 g/mol. The lowest BCUT2D eigenvalue weighted by molar-refractivity contribution is 0.670. The molecule has 2 aromatic carbocycles. The first-order valence-electron chi connectivity index (χ1n) is 8.35. The third kappa shape index (κ3) is 6.21. The van der Waals surface area contributed by atoms with E-state index in [0.29, 0.717) is 0 Å². The maximum atomic E-state index is 3.48. The fraction of sp³-hybridized carbons (Fsp3) is 0.400. The summed E-state index contributed by atoms with van der Waals surface area (Å²) in [7, 11) is 0. The second-order valence-corrected chi connectivity index (χ2v) is 6.00. The summed E-state index contributed by atoms with van der Waals surface area (Å²) in [6.07, 6.45) is 5.04. The van der Waals surface area contributed by atoms with Gasteiger partial charge in [0.05, 0.1) is 0 Å². The highest BCUT2D eigenvalue weighted by Gasteiger charge is 1.94. The van der Waals surface area contributed by atoms with Gasteiger partial charge in [0.2, 0.25) is 0 Å². The molecule has 0 saturated heterocycles. The molecule has 0 aromatic heterocycles. The normalized spacial score (nSPS) is 10.5. The Balaban J connectivity index is 1.47. The van der Waals surface area contributed by atoms with Crippen molar-refractivity contribution in [2.75, 3.05) is 23.7 Å². The summed E-state index contributed by atoms with van der Waals surface area (Å²) in [5, 5.41) is 6.96. The zero-order chi connectivity index (χ0) is 15.6. The molecule has 0 bridgehead atoms. The molecule has 118 valence electrons. The quantitative estimate of drug-likeness (QED) is 0.606. The molecule has 0 heterocycles. The van der Waals surface area contributed by atoms with Crippen LogP contribution in [0.4, 0.5) is 11.4 Å². The van der Waals surface area contributed by atoms with E-state index in [1.807, 2.05) is 0 Å². The maximum absolute atomic E-state index is 3.48. The van der Waals surface area contributed by atoms with Gasteiger partial charge in [-0.15, -0.1) is 0 Å². The Morgan fingerprint density at radius 3 is 1.27 bits per heavy atom. The lowest BCUT2D eigenvalue weighted by atomic mass is 10.1. The smallest absolute Gasteiger partial charge is 0.0340 e. The number of benzene rings is 2. The third-order valence-corrected chi connectivity index (χ3v) is 3.86. The van der Waals surface area contributed by atoms with Gasteiger partial charge >= 0.3 is 0 Å². The highest BCUT2D eigenvalue weighted by molar-refractivity contribution is 5.44. The van der Waals surface area contributed by atoms with E-state index in [4.69, 9.17) is 0 Å². The largest absolute Gasteiger partial charge is 0.385 e. The number of nitrogens with one attached hydrogen (secondary N) is 2. The average molecular weight is 296 g/mol. The van der Waals surface area contributed by atoms with Gasteiger partial charge < -0.3 is 10.6 Å². The Morgan fingerprint density at radius 1 is 0.545 bits per heavy atom. The first-order chi connectivity index (χ1) is 10.7. The Bertz CT molecular complexity index is 477. The molecule has 0 saturated carbocycles. The zero-order valence-corrected chi connectivity index (χ0v) is 13.9. The molecule has 0 aliphatic heterocycles. The topological polar surface area (TPSA) is 24.1 Å². The van der Waals surface area contributed by atoms with E-state index in [2.05, 4.69) is 73.0 Å². The molecule has 0 aliphatic carbocycles. The SMILES string of the molecule is Cc1ccc(NCCCCCCNc2ccc(C)cc2)cc1. The molecule has 0 fully saturated rings. The van der Waals surface area contributed by atoms with Crippen LogP contribution in [0.5, 0.6) is 0 Å². The van der Waals surface area contributed by atoms with Crippen molar-refractivity contribution in [3.63, 3.8) is 0 Å². The first kappa shape index (κ1) is 16.4. The minimum atomic E-state index is 1.06. The molecule has 0 radical (unpaired) electrons. The fourth-order valence-electron chi connectivity index (χ4n) is 2.41. The summed E-state index contributed by atoms with van der Waals surface area (Å²) >= 11 is 0. The monoisotopic (exact) mass is 296 g/mol. The van der Waals surface area contributed by atoms with Gasteiger partial charge in [0.15, 0.2) is 0 Å². The molecule has 0 spiro atoms. The molecule has 2 rings (SSSR count). The van der Waals surface area contributed by atoms with Crippen molar-refractivity contribution in [2.45, 2.75) is 39.5 Å². The number of rotatable bonds is 9. The molecule has 0 amide bonds. The van der Waals surface area contributed by atoms with Gasteiger partial charge in [0.25, 0.3) is 0 Å². The lowest BCUT2D eigenvalue weighted by Gasteiger charge is -2.08. The molecule has 2 nitrogen and oxygen atoms in total. The third-order valence-electron chi connectivity index (χ3n) is 3.86. The Kier molecular flexibility index (Phi) is 6.82. The molecule has 22 heavy (non-hydrogen) atoms. The predicted molar refractivity (Wildman–Crippen MR) is 97.8 cm³/mol. The van der Waals surface area contributed by atoms with Crippen LogP contribution in [0.15, 0.2) is 48.5 Å². The number of unbranched alkanes of at least 4 members (excludes halogenated alkanes) is 3. The highest BCUT2D eigenvalue weighted by atomic mass is 14.9. The van der Waals surface area contributed by atoms with Crippen LogP contribution in [0.3, 0.4) is 0 Å². The number of anilines is 2. The van der Waals surface area contributed by atoms with E-state index in [1.165, 1.54) is 48.2 Å². The summed E-state index contributed by atoms with van der Waals surface area (Å²) in [6, 6.07) is 17.2. The second-order valence-electron chi connectivity index (χ2n) is 6.00. The standard InChI is InChI=1S/C20H28N2/c1-17-7-11-19(12-8-17)21-15-5-3-4-6-16-22-20-13-9-18(2)10-14-20/h7-14,21-22H,3-6,15-16H2,1-2H3. The van der Waals surface area contributed by atoms with Crippen molar-refractivity contribution in [1.29, 1.82) is 0 Å². The molecule has 0 aliphatic rings. The molecule has 0 atom stereocenters.